The van der Waals surface area contributed by atoms with Crippen molar-refractivity contribution in [2.24, 2.45) is 11.8 Å². The van der Waals surface area contributed by atoms with Crippen molar-refractivity contribution in [2.45, 2.75) is 77.3 Å². The minimum absolute atomic E-state index is 0.183. The predicted molar refractivity (Wildman–Crippen MR) is 105 cm³/mol. The molecule has 0 aromatic carbocycles. The molecular formula is C19H27BrN4O2. The van der Waals surface area contributed by atoms with Gasteiger partial charge in [-0.15, -0.1) is 0 Å². The molecule has 0 aliphatic heterocycles. The summed E-state index contributed by atoms with van der Waals surface area (Å²) in [6, 6.07) is 0. The molecule has 2 aromatic heterocycles. The monoisotopic (exact) mass is 422 g/mol. The zero-order valence-electron chi connectivity index (χ0n) is 15.2. The molecule has 2 aliphatic carbocycles. The van der Waals surface area contributed by atoms with Crippen LogP contribution in [0.15, 0.2) is 14.3 Å². The number of nitrogens with zero attached hydrogens (tertiary/aromatic N) is 3. The van der Waals surface area contributed by atoms with Gasteiger partial charge in [0.15, 0.2) is 15.9 Å². The van der Waals surface area contributed by atoms with Gasteiger partial charge in [0.25, 0.3) is 5.56 Å². The van der Waals surface area contributed by atoms with Crippen LogP contribution < -0.4 is 11.2 Å². The zero-order valence-corrected chi connectivity index (χ0v) is 16.8. The van der Waals surface area contributed by atoms with E-state index in [-0.39, 0.29) is 11.2 Å². The molecule has 0 spiro atoms. The number of hydrogen-bond donors (Lipinski definition) is 1. The van der Waals surface area contributed by atoms with E-state index in [1.807, 2.05) is 0 Å². The third kappa shape index (κ3) is 3.55. The molecule has 26 heavy (non-hydrogen) atoms. The highest BCUT2D eigenvalue weighted by molar-refractivity contribution is 9.10. The largest absolute Gasteiger partial charge is 0.332 e. The van der Waals surface area contributed by atoms with Gasteiger partial charge in [-0.2, -0.15) is 0 Å². The Labute approximate surface area is 161 Å². The lowest BCUT2D eigenvalue weighted by atomic mass is 9.89. The molecule has 0 unspecified atom stereocenters. The average molecular weight is 423 g/mol. The molecule has 2 heterocycles. The van der Waals surface area contributed by atoms with E-state index < -0.39 is 0 Å². The van der Waals surface area contributed by atoms with Crippen molar-refractivity contribution in [3.05, 3.63) is 25.6 Å². The molecule has 0 radical (unpaired) electrons. The summed E-state index contributed by atoms with van der Waals surface area (Å²) in [6.07, 6.45) is 11.9. The number of H-pyrrole nitrogens is 1. The van der Waals surface area contributed by atoms with E-state index in [2.05, 4.69) is 25.9 Å². The Bertz CT molecular complexity index is 885. The Balaban J connectivity index is 1.75. The van der Waals surface area contributed by atoms with Gasteiger partial charge < -0.3 is 4.98 Å². The fourth-order valence-corrected chi connectivity index (χ4v) is 5.09. The van der Waals surface area contributed by atoms with Crippen molar-refractivity contribution in [2.75, 3.05) is 0 Å². The van der Waals surface area contributed by atoms with Gasteiger partial charge in [-0.25, -0.2) is 9.78 Å². The van der Waals surface area contributed by atoms with Gasteiger partial charge in [-0.3, -0.25) is 13.9 Å². The fourth-order valence-electron chi connectivity index (χ4n) is 4.72. The summed E-state index contributed by atoms with van der Waals surface area (Å²) in [6.45, 7) is 1.20. The Kier molecular flexibility index (Phi) is 5.34. The fraction of sp³-hybridized carbons (Fsp3) is 0.737. The third-order valence-corrected chi connectivity index (χ3v) is 6.54. The van der Waals surface area contributed by atoms with Crippen molar-refractivity contribution in [1.29, 1.82) is 0 Å². The molecule has 2 aliphatic rings. The number of aromatic nitrogens is 4. The molecule has 0 saturated heterocycles. The number of aromatic amines is 1. The molecule has 142 valence electrons. The topological polar surface area (TPSA) is 72.7 Å². The van der Waals surface area contributed by atoms with Crippen LogP contribution in [0.1, 0.15) is 64.2 Å². The predicted octanol–water partition coefficient (Wildman–Crippen LogP) is 3.81. The summed E-state index contributed by atoms with van der Waals surface area (Å²) in [5, 5.41) is 0. The normalized spacial score (nSPS) is 20.0. The van der Waals surface area contributed by atoms with Crippen LogP contribution in [0.5, 0.6) is 0 Å². The Morgan fingerprint density at radius 2 is 1.42 bits per heavy atom. The Hall–Kier alpha value is -1.37. The van der Waals surface area contributed by atoms with E-state index in [9.17, 15) is 9.59 Å². The van der Waals surface area contributed by atoms with Crippen LogP contribution in [0.3, 0.4) is 0 Å². The first-order valence-electron chi connectivity index (χ1n) is 10.0. The molecule has 4 rings (SSSR count). The number of halogens is 1. The molecule has 0 bridgehead atoms. The quantitative estimate of drug-likeness (QED) is 0.761. The first kappa shape index (κ1) is 18.0. The molecule has 7 heteroatoms. The Morgan fingerprint density at radius 3 is 2.00 bits per heavy atom. The molecule has 2 fully saturated rings. The van der Waals surface area contributed by atoms with Gasteiger partial charge >= 0.3 is 5.69 Å². The van der Waals surface area contributed by atoms with Crippen molar-refractivity contribution >= 4 is 27.1 Å². The van der Waals surface area contributed by atoms with Crippen LogP contribution in [-0.2, 0) is 13.1 Å². The molecule has 0 amide bonds. The molecule has 0 atom stereocenters. The van der Waals surface area contributed by atoms with Crippen LogP contribution in [0.4, 0.5) is 0 Å². The van der Waals surface area contributed by atoms with E-state index in [1.165, 1.54) is 43.1 Å². The first-order chi connectivity index (χ1) is 12.6. The van der Waals surface area contributed by atoms with E-state index in [0.717, 1.165) is 25.7 Å². The number of hydrogen-bond acceptors (Lipinski definition) is 3. The van der Waals surface area contributed by atoms with Crippen LogP contribution in [0.25, 0.3) is 11.2 Å². The second kappa shape index (κ2) is 7.71. The van der Waals surface area contributed by atoms with Crippen molar-refractivity contribution in [3.63, 3.8) is 0 Å². The van der Waals surface area contributed by atoms with Crippen molar-refractivity contribution < 1.29 is 0 Å². The smallest absolute Gasteiger partial charge is 0.327 e. The molecule has 2 aromatic rings. The highest BCUT2D eigenvalue weighted by Crippen LogP contribution is 2.26. The number of nitrogens with one attached hydrogen (secondary N) is 1. The zero-order chi connectivity index (χ0) is 18.1. The second-order valence-electron chi connectivity index (χ2n) is 8.04. The van der Waals surface area contributed by atoms with E-state index in [1.54, 1.807) is 4.57 Å². The van der Waals surface area contributed by atoms with Crippen LogP contribution in [0, 0.1) is 11.8 Å². The molecular weight excluding hydrogens is 396 g/mol. The SMILES string of the molecule is O=c1c2[nH]c(Br)nc2n(CC2CCCCC2)c(=O)n1CC1CCCCC1. The number of rotatable bonds is 4. The van der Waals surface area contributed by atoms with Crippen LogP contribution in [0.2, 0.25) is 0 Å². The van der Waals surface area contributed by atoms with E-state index in [4.69, 9.17) is 0 Å². The average Bonchev–Trinajstić information content (AvgIpc) is 3.06. The summed E-state index contributed by atoms with van der Waals surface area (Å²) in [4.78, 5) is 33.6. The lowest BCUT2D eigenvalue weighted by molar-refractivity contribution is 0.296. The number of imidazole rings is 1. The molecule has 2 saturated carbocycles. The van der Waals surface area contributed by atoms with Gasteiger partial charge in [-0.1, -0.05) is 38.5 Å². The van der Waals surface area contributed by atoms with E-state index in [0.29, 0.717) is 40.8 Å². The highest BCUT2D eigenvalue weighted by Gasteiger charge is 2.23. The van der Waals surface area contributed by atoms with Crippen LogP contribution in [-0.4, -0.2) is 19.1 Å². The minimum atomic E-state index is -0.228. The summed E-state index contributed by atoms with van der Waals surface area (Å²) in [5.41, 5.74) is 0.534. The summed E-state index contributed by atoms with van der Waals surface area (Å²) in [5.74, 6) is 0.932. The maximum absolute atomic E-state index is 13.2. The summed E-state index contributed by atoms with van der Waals surface area (Å²) in [7, 11) is 0. The van der Waals surface area contributed by atoms with Crippen molar-refractivity contribution in [3.8, 4) is 0 Å². The van der Waals surface area contributed by atoms with Gasteiger partial charge in [-0.05, 0) is 53.4 Å². The minimum Gasteiger partial charge on any atom is -0.327 e. The van der Waals surface area contributed by atoms with Crippen molar-refractivity contribution in [1.82, 2.24) is 19.1 Å². The van der Waals surface area contributed by atoms with Gasteiger partial charge in [0.1, 0.15) is 0 Å². The lowest BCUT2D eigenvalue weighted by Crippen LogP contribution is -2.42. The third-order valence-electron chi connectivity index (χ3n) is 6.16. The van der Waals surface area contributed by atoms with Gasteiger partial charge in [0, 0.05) is 13.1 Å². The van der Waals surface area contributed by atoms with Crippen LogP contribution >= 0.6 is 15.9 Å². The first-order valence-corrected chi connectivity index (χ1v) is 10.8. The molecule has 6 nitrogen and oxygen atoms in total. The summed E-state index contributed by atoms with van der Waals surface area (Å²) >= 11 is 3.34. The maximum atomic E-state index is 13.2. The second-order valence-corrected chi connectivity index (χ2v) is 8.79. The molecule has 1 N–H and O–H groups in total. The summed E-state index contributed by atoms with van der Waals surface area (Å²) < 4.78 is 3.72. The van der Waals surface area contributed by atoms with Gasteiger partial charge in [0.2, 0.25) is 0 Å². The maximum Gasteiger partial charge on any atom is 0.332 e. The van der Waals surface area contributed by atoms with E-state index >= 15 is 0 Å². The Morgan fingerprint density at radius 1 is 0.885 bits per heavy atom. The lowest BCUT2D eigenvalue weighted by Gasteiger charge is -2.24. The standard InChI is InChI=1S/C19H27BrN4O2/c20-18-21-15-16(22-18)23(11-13-7-3-1-4-8-13)19(26)24(17(15)25)12-14-9-5-2-6-10-14/h13-14H,1-12H2,(H,21,22). The highest BCUT2D eigenvalue weighted by atomic mass is 79.9. The van der Waals surface area contributed by atoms with Gasteiger partial charge in [0.05, 0.1) is 0 Å². The number of fused-ring (bicyclic) bond motifs is 1.